The van der Waals surface area contributed by atoms with Crippen LogP contribution < -0.4 is 15.2 Å². The van der Waals surface area contributed by atoms with Crippen molar-refractivity contribution in [1.82, 2.24) is 4.72 Å². The number of benzene rings is 1. The van der Waals surface area contributed by atoms with E-state index in [-0.39, 0.29) is 17.0 Å². The van der Waals surface area contributed by atoms with Gasteiger partial charge in [0, 0.05) is 12.6 Å². The average Bonchev–Trinajstić information content (AvgIpc) is 2.42. The summed E-state index contributed by atoms with van der Waals surface area (Å²) in [6, 6.07) is 6.68. The molecule has 112 valence electrons. The Morgan fingerprint density at radius 3 is 2.70 bits per heavy atom. The van der Waals surface area contributed by atoms with Gasteiger partial charge in [0.25, 0.3) is 0 Å². The van der Waals surface area contributed by atoms with Crippen LogP contribution in [0.5, 0.6) is 5.75 Å². The number of nitrogens with two attached hydrogens (primary N) is 1. The fourth-order valence-corrected chi connectivity index (χ4v) is 3.65. The zero-order valence-electron chi connectivity index (χ0n) is 11.7. The molecule has 1 aromatic carbocycles. The Hall–Kier alpha value is -1.11. The predicted molar refractivity (Wildman–Crippen MR) is 78.2 cm³/mol. The van der Waals surface area contributed by atoms with Crippen LogP contribution in [0.1, 0.15) is 32.6 Å². The topological polar surface area (TPSA) is 81.4 Å². The molecule has 2 rings (SSSR count). The monoisotopic (exact) mass is 298 g/mol. The Labute approximate surface area is 120 Å². The smallest absolute Gasteiger partial charge is 0.244 e. The van der Waals surface area contributed by atoms with Crippen LogP contribution in [0, 0.1) is 0 Å². The van der Waals surface area contributed by atoms with Crippen molar-refractivity contribution in [3.63, 3.8) is 0 Å². The summed E-state index contributed by atoms with van der Waals surface area (Å²) in [5.74, 6) is 0.385. The minimum atomic E-state index is -3.53. The molecule has 0 aliphatic heterocycles. The van der Waals surface area contributed by atoms with E-state index in [4.69, 9.17) is 10.5 Å². The third kappa shape index (κ3) is 3.50. The average molecular weight is 298 g/mol. The number of sulfonamides is 1. The predicted octanol–water partition coefficient (Wildman–Crippen LogP) is 1.63. The highest BCUT2D eigenvalue weighted by molar-refractivity contribution is 7.89. The molecule has 20 heavy (non-hydrogen) atoms. The number of hydrogen-bond acceptors (Lipinski definition) is 4. The Morgan fingerprint density at radius 1 is 1.30 bits per heavy atom. The standard InChI is InChI=1S/C14H22N2O3S/c1-2-16-20(17,18)14-10-6-5-9-13(14)19-12-8-4-3-7-11(12)15/h5-6,9-12,16H,2-4,7-8,15H2,1H3. The van der Waals surface area contributed by atoms with Crippen LogP contribution >= 0.6 is 0 Å². The third-order valence-corrected chi connectivity index (χ3v) is 5.09. The van der Waals surface area contributed by atoms with E-state index in [1.54, 1.807) is 31.2 Å². The molecule has 3 N–H and O–H groups in total. The maximum atomic E-state index is 12.2. The summed E-state index contributed by atoms with van der Waals surface area (Å²) in [5, 5.41) is 0. The molecule has 6 heteroatoms. The van der Waals surface area contributed by atoms with Gasteiger partial charge in [-0.05, 0) is 31.4 Å². The van der Waals surface area contributed by atoms with Crippen LogP contribution in [0.25, 0.3) is 0 Å². The molecule has 0 heterocycles. The molecule has 0 aromatic heterocycles. The summed E-state index contributed by atoms with van der Waals surface area (Å²) in [5.41, 5.74) is 6.05. The van der Waals surface area contributed by atoms with E-state index in [1.165, 1.54) is 0 Å². The van der Waals surface area contributed by atoms with Gasteiger partial charge in [0.05, 0.1) is 0 Å². The number of nitrogens with one attached hydrogen (secondary N) is 1. The molecule has 2 unspecified atom stereocenters. The van der Waals surface area contributed by atoms with Gasteiger partial charge in [-0.1, -0.05) is 25.5 Å². The van der Waals surface area contributed by atoms with Gasteiger partial charge in [0.15, 0.2) is 0 Å². The van der Waals surface area contributed by atoms with Gasteiger partial charge in [0.1, 0.15) is 16.7 Å². The first kappa shape index (κ1) is 15.3. The number of ether oxygens (including phenoxy) is 1. The van der Waals surface area contributed by atoms with Gasteiger partial charge < -0.3 is 10.5 Å². The maximum Gasteiger partial charge on any atom is 0.244 e. The highest BCUT2D eigenvalue weighted by Gasteiger charge is 2.26. The lowest BCUT2D eigenvalue weighted by molar-refractivity contribution is 0.129. The molecule has 0 saturated heterocycles. The molecular weight excluding hydrogens is 276 g/mol. The largest absolute Gasteiger partial charge is 0.487 e. The van der Waals surface area contributed by atoms with Gasteiger partial charge in [0.2, 0.25) is 10.0 Å². The highest BCUT2D eigenvalue weighted by Crippen LogP contribution is 2.28. The van der Waals surface area contributed by atoms with Crippen molar-refractivity contribution in [2.45, 2.75) is 49.6 Å². The number of para-hydroxylation sites is 1. The molecule has 0 amide bonds. The van der Waals surface area contributed by atoms with Crippen LogP contribution in [0.4, 0.5) is 0 Å². The summed E-state index contributed by atoms with van der Waals surface area (Å²) >= 11 is 0. The van der Waals surface area contributed by atoms with E-state index in [0.717, 1.165) is 25.7 Å². The summed E-state index contributed by atoms with van der Waals surface area (Å²) in [4.78, 5) is 0.180. The summed E-state index contributed by atoms with van der Waals surface area (Å²) in [7, 11) is -3.53. The van der Waals surface area contributed by atoms with Gasteiger partial charge in [-0.2, -0.15) is 0 Å². The van der Waals surface area contributed by atoms with Crippen LogP contribution in [-0.4, -0.2) is 27.1 Å². The van der Waals surface area contributed by atoms with Gasteiger partial charge in [-0.25, -0.2) is 13.1 Å². The molecular formula is C14H22N2O3S. The second-order valence-electron chi connectivity index (χ2n) is 5.05. The van der Waals surface area contributed by atoms with Crippen LogP contribution in [0.2, 0.25) is 0 Å². The molecule has 1 aromatic rings. The Kier molecular flexibility index (Phi) is 5.01. The van der Waals surface area contributed by atoms with Gasteiger partial charge in [-0.3, -0.25) is 0 Å². The van der Waals surface area contributed by atoms with Gasteiger partial charge >= 0.3 is 0 Å². The lowest BCUT2D eigenvalue weighted by atomic mass is 9.93. The molecule has 0 bridgehead atoms. The molecule has 1 fully saturated rings. The zero-order valence-corrected chi connectivity index (χ0v) is 12.5. The van der Waals surface area contributed by atoms with E-state index in [9.17, 15) is 8.42 Å². The van der Waals surface area contributed by atoms with Crippen LogP contribution in [0.15, 0.2) is 29.2 Å². The molecule has 1 saturated carbocycles. The molecule has 0 radical (unpaired) electrons. The van der Waals surface area contributed by atoms with E-state index in [0.29, 0.717) is 12.3 Å². The summed E-state index contributed by atoms with van der Waals surface area (Å²) in [6.07, 6.45) is 3.87. The second-order valence-corrected chi connectivity index (χ2v) is 6.79. The lowest BCUT2D eigenvalue weighted by Gasteiger charge is -2.29. The minimum Gasteiger partial charge on any atom is -0.487 e. The first-order valence-electron chi connectivity index (χ1n) is 7.05. The van der Waals surface area contributed by atoms with E-state index >= 15 is 0 Å². The van der Waals surface area contributed by atoms with Crippen molar-refractivity contribution < 1.29 is 13.2 Å². The fourth-order valence-electron chi connectivity index (χ4n) is 2.47. The van der Waals surface area contributed by atoms with E-state index < -0.39 is 10.0 Å². The van der Waals surface area contributed by atoms with E-state index in [1.807, 2.05) is 0 Å². The SMILES string of the molecule is CCNS(=O)(=O)c1ccccc1OC1CCCCC1N. The van der Waals surface area contributed by atoms with Crippen LogP contribution in [0.3, 0.4) is 0 Å². The quantitative estimate of drug-likeness (QED) is 0.865. The van der Waals surface area contributed by atoms with Crippen molar-refractivity contribution >= 4 is 10.0 Å². The maximum absolute atomic E-state index is 12.2. The Balaban J connectivity index is 2.24. The molecule has 2 atom stereocenters. The first-order chi connectivity index (χ1) is 9.54. The van der Waals surface area contributed by atoms with Crippen molar-refractivity contribution in [1.29, 1.82) is 0 Å². The third-order valence-electron chi connectivity index (χ3n) is 3.51. The molecule has 5 nitrogen and oxygen atoms in total. The zero-order chi connectivity index (χ0) is 14.6. The van der Waals surface area contributed by atoms with Crippen molar-refractivity contribution in [3.8, 4) is 5.75 Å². The molecule has 0 spiro atoms. The second kappa shape index (κ2) is 6.56. The van der Waals surface area contributed by atoms with Crippen molar-refractivity contribution in [3.05, 3.63) is 24.3 Å². The lowest BCUT2D eigenvalue weighted by Crippen LogP contribution is -2.41. The fraction of sp³-hybridized carbons (Fsp3) is 0.571. The Bertz CT molecular complexity index is 545. The summed E-state index contributed by atoms with van der Waals surface area (Å²) in [6.45, 7) is 2.09. The number of rotatable bonds is 5. The number of hydrogen-bond donors (Lipinski definition) is 2. The molecule has 1 aliphatic carbocycles. The first-order valence-corrected chi connectivity index (χ1v) is 8.54. The van der Waals surface area contributed by atoms with Crippen LogP contribution in [-0.2, 0) is 10.0 Å². The minimum absolute atomic E-state index is 0.0290. The van der Waals surface area contributed by atoms with Crippen molar-refractivity contribution in [2.24, 2.45) is 5.73 Å². The Morgan fingerprint density at radius 2 is 2.00 bits per heavy atom. The summed E-state index contributed by atoms with van der Waals surface area (Å²) < 4.78 is 32.7. The van der Waals surface area contributed by atoms with E-state index in [2.05, 4.69) is 4.72 Å². The normalized spacial score (nSPS) is 23.5. The van der Waals surface area contributed by atoms with Crippen molar-refractivity contribution in [2.75, 3.05) is 6.54 Å². The highest BCUT2D eigenvalue weighted by atomic mass is 32.2. The molecule has 1 aliphatic rings. The van der Waals surface area contributed by atoms with Gasteiger partial charge in [-0.15, -0.1) is 0 Å².